The van der Waals surface area contributed by atoms with Crippen molar-refractivity contribution in [3.63, 3.8) is 0 Å². The van der Waals surface area contributed by atoms with Crippen molar-refractivity contribution in [2.45, 2.75) is 40.0 Å². The topological polar surface area (TPSA) is 26.3 Å². The third kappa shape index (κ3) is 2.54. The number of benzene rings is 1. The van der Waals surface area contributed by atoms with E-state index in [9.17, 15) is 4.79 Å². The van der Waals surface area contributed by atoms with Gasteiger partial charge in [0.2, 0.25) is 0 Å². The molecule has 0 aliphatic heterocycles. The molecule has 1 saturated carbocycles. The van der Waals surface area contributed by atoms with Crippen molar-refractivity contribution < 1.29 is 9.53 Å². The van der Waals surface area contributed by atoms with Crippen molar-refractivity contribution >= 4 is 17.4 Å². The number of Topliss-reactive ketones (excluding diaryl/α,β-unsaturated/α-hetero) is 1. The molecule has 1 fully saturated rings. The van der Waals surface area contributed by atoms with Crippen molar-refractivity contribution in [2.24, 2.45) is 5.92 Å². The fraction of sp³-hybridized carbons (Fsp3) is 0.533. The van der Waals surface area contributed by atoms with E-state index in [0.717, 1.165) is 30.4 Å². The third-order valence-corrected chi connectivity index (χ3v) is 3.88. The van der Waals surface area contributed by atoms with Gasteiger partial charge in [0, 0.05) is 10.9 Å². The maximum Gasteiger partial charge on any atom is 0.169 e. The van der Waals surface area contributed by atoms with Gasteiger partial charge in [0.1, 0.15) is 5.75 Å². The number of rotatable bonds is 5. The summed E-state index contributed by atoms with van der Waals surface area (Å²) in [5.41, 5.74) is 2.52. The number of halogens is 1. The molecule has 3 heteroatoms. The molecule has 18 heavy (non-hydrogen) atoms. The molecule has 0 spiro atoms. The second kappa shape index (κ2) is 5.31. The molecule has 1 aromatic carbocycles. The molecule has 2 rings (SSSR count). The van der Waals surface area contributed by atoms with Crippen LogP contribution in [0.1, 0.15) is 47.7 Å². The second-order valence-electron chi connectivity index (χ2n) is 4.99. The first-order chi connectivity index (χ1) is 8.56. The molecule has 0 saturated heterocycles. The Kier molecular flexibility index (Phi) is 3.96. The number of aryl methyl sites for hydroxylation is 1. The van der Waals surface area contributed by atoms with Crippen LogP contribution in [-0.4, -0.2) is 12.4 Å². The Morgan fingerprint density at radius 1 is 1.44 bits per heavy atom. The zero-order valence-electron chi connectivity index (χ0n) is 11.2. The van der Waals surface area contributed by atoms with Gasteiger partial charge in [0.05, 0.1) is 12.2 Å². The Balaban J connectivity index is 2.44. The number of ether oxygens (including phenoxy) is 1. The average Bonchev–Trinajstić information content (AvgIpc) is 3.17. The van der Waals surface area contributed by atoms with Crippen LogP contribution in [0, 0.1) is 19.8 Å². The second-order valence-corrected chi connectivity index (χ2v) is 5.37. The lowest BCUT2D eigenvalue weighted by atomic mass is 9.98. The SMILES string of the molecule is CCCOc1cc(C)c(Cl)c(C)c1C(=O)C1CC1. The predicted octanol–water partition coefficient (Wildman–Crippen LogP) is 4.34. The minimum Gasteiger partial charge on any atom is -0.493 e. The quantitative estimate of drug-likeness (QED) is 0.741. The molecule has 0 radical (unpaired) electrons. The van der Waals surface area contributed by atoms with Crippen LogP contribution < -0.4 is 4.74 Å². The van der Waals surface area contributed by atoms with Crippen molar-refractivity contribution in [1.29, 1.82) is 0 Å². The Morgan fingerprint density at radius 3 is 2.67 bits per heavy atom. The van der Waals surface area contributed by atoms with E-state index in [4.69, 9.17) is 16.3 Å². The molecular formula is C15H19ClO2. The summed E-state index contributed by atoms with van der Waals surface area (Å²) in [5.74, 6) is 1.08. The molecule has 2 nitrogen and oxygen atoms in total. The van der Waals surface area contributed by atoms with Gasteiger partial charge in [0.15, 0.2) is 5.78 Å². The molecular weight excluding hydrogens is 248 g/mol. The Bertz CT molecular complexity index is 476. The fourth-order valence-electron chi connectivity index (χ4n) is 2.10. The molecule has 98 valence electrons. The first-order valence-corrected chi connectivity index (χ1v) is 6.90. The van der Waals surface area contributed by atoms with E-state index in [0.29, 0.717) is 22.9 Å². The fourth-order valence-corrected chi connectivity index (χ4v) is 2.25. The summed E-state index contributed by atoms with van der Waals surface area (Å²) in [5, 5.41) is 0.683. The smallest absolute Gasteiger partial charge is 0.169 e. The Morgan fingerprint density at radius 2 is 2.11 bits per heavy atom. The molecule has 1 aliphatic carbocycles. The van der Waals surface area contributed by atoms with Gasteiger partial charge in [-0.3, -0.25) is 4.79 Å². The van der Waals surface area contributed by atoms with Gasteiger partial charge in [-0.1, -0.05) is 18.5 Å². The van der Waals surface area contributed by atoms with Gasteiger partial charge < -0.3 is 4.74 Å². The zero-order valence-corrected chi connectivity index (χ0v) is 11.9. The maximum absolute atomic E-state index is 12.3. The number of ketones is 1. The molecule has 0 bridgehead atoms. The van der Waals surface area contributed by atoms with Crippen molar-refractivity contribution in [2.75, 3.05) is 6.61 Å². The Labute approximate surface area is 113 Å². The summed E-state index contributed by atoms with van der Waals surface area (Å²) in [7, 11) is 0. The van der Waals surface area contributed by atoms with Gasteiger partial charge in [-0.15, -0.1) is 0 Å². The number of carbonyl (C=O) groups excluding carboxylic acids is 1. The summed E-state index contributed by atoms with van der Waals surface area (Å²) in [6.07, 6.45) is 2.92. The van der Waals surface area contributed by atoms with E-state index in [1.54, 1.807) is 0 Å². The maximum atomic E-state index is 12.3. The summed E-state index contributed by atoms with van der Waals surface area (Å²) < 4.78 is 5.72. The van der Waals surface area contributed by atoms with E-state index >= 15 is 0 Å². The largest absolute Gasteiger partial charge is 0.493 e. The van der Waals surface area contributed by atoms with Crippen LogP contribution in [0.2, 0.25) is 5.02 Å². The van der Waals surface area contributed by atoms with Crippen LogP contribution in [0.4, 0.5) is 0 Å². The van der Waals surface area contributed by atoms with Gasteiger partial charge in [0.25, 0.3) is 0 Å². The van der Waals surface area contributed by atoms with Crippen LogP contribution in [-0.2, 0) is 0 Å². The Hall–Kier alpha value is -1.02. The summed E-state index contributed by atoms with van der Waals surface area (Å²) in [6, 6.07) is 1.89. The lowest BCUT2D eigenvalue weighted by molar-refractivity contribution is 0.0963. The van der Waals surface area contributed by atoms with Gasteiger partial charge in [-0.2, -0.15) is 0 Å². The van der Waals surface area contributed by atoms with Crippen LogP contribution >= 0.6 is 11.6 Å². The third-order valence-electron chi connectivity index (χ3n) is 3.30. The lowest BCUT2D eigenvalue weighted by Gasteiger charge is -2.15. The van der Waals surface area contributed by atoms with Crippen LogP contribution in [0.3, 0.4) is 0 Å². The number of carbonyl (C=O) groups is 1. The lowest BCUT2D eigenvalue weighted by Crippen LogP contribution is -2.09. The number of hydrogen-bond acceptors (Lipinski definition) is 2. The van der Waals surface area contributed by atoms with E-state index in [1.807, 2.05) is 19.9 Å². The first kappa shape index (κ1) is 13.4. The predicted molar refractivity (Wildman–Crippen MR) is 73.8 cm³/mol. The molecule has 1 aliphatic rings. The van der Waals surface area contributed by atoms with Gasteiger partial charge in [-0.05, 0) is 50.3 Å². The van der Waals surface area contributed by atoms with Crippen LogP contribution in [0.15, 0.2) is 6.07 Å². The monoisotopic (exact) mass is 266 g/mol. The average molecular weight is 267 g/mol. The minimum atomic E-state index is 0.187. The molecule has 0 amide bonds. The molecule has 0 atom stereocenters. The zero-order chi connectivity index (χ0) is 13.3. The van der Waals surface area contributed by atoms with E-state index in [-0.39, 0.29) is 11.7 Å². The summed E-state index contributed by atoms with van der Waals surface area (Å²) >= 11 is 6.25. The normalized spacial score (nSPS) is 14.7. The van der Waals surface area contributed by atoms with Gasteiger partial charge in [-0.25, -0.2) is 0 Å². The summed E-state index contributed by atoms with van der Waals surface area (Å²) in [6.45, 7) is 6.53. The van der Waals surface area contributed by atoms with Crippen LogP contribution in [0.25, 0.3) is 0 Å². The van der Waals surface area contributed by atoms with Crippen molar-refractivity contribution in [3.05, 3.63) is 27.8 Å². The minimum absolute atomic E-state index is 0.187. The molecule has 0 aromatic heterocycles. The highest BCUT2D eigenvalue weighted by Crippen LogP contribution is 2.39. The molecule has 0 heterocycles. The van der Waals surface area contributed by atoms with Crippen LogP contribution in [0.5, 0.6) is 5.75 Å². The number of hydrogen-bond donors (Lipinski definition) is 0. The van der Waals surface area contributed by atoms with E-state index < -0.39 is 0 Å². The molecule has 0 N–H and O–H groups in total. The molecule has 0 unspecified atom stereocenters. The first-order valence-electron chi connectivity index (χ1n) is 6.53. The van der Waals surface area contributed by atoms with E-state index in [2.05, 4.69) is 6.92 Å². The van der Waals surface area contributed by atoms with E-state index in [1.165, 1.54) is 0 Å². The van der Waals surface area contributed by atoms with Crippen molar-refractivity contribution in [1.82, 2.24) is 0 Å². The highest BCUT2D eigenvalue weighted by atomic mass is 35.5. The highest BCUT2D eigenvalue weighted by molar-refractivity contribution is 6.32. The molecule has 1 aromatic rings. The summed E-state index contributed by atoms with van der Waals surface area (Å²) in [4.78, 5) is 12.3. The standard InChI is InChI=1S/C15H19ClO2/c1-4-7-18-12-8-9(2)14(16)10(3)13(12)15(17)11-5-6-11/h8,11H,4-7H2,1-3H3. The van der Waals surface area contributed by atoms with Crippen molar-refractivity contribution in [3.8, 4) is 5.75 Å². The highest BCUT2D eigenvalue weighted by Gasteiger charge is 2.33. The van der Waals surface area contributed by atoms with Gasteiger partial charge >= 0.3 is 0 Å².